The minimum atomic E-state index is -0.418. The van der Waals surface area contributed by atoms with Crippen LogP contribution in [0.4, 0.5) is 10.2 Å². The molecule has 3 rings (SSSR count). The zero-order chi connectivity index (χ0) is 17.8. The van der Waals surface area contributed by atoms with Gasteiger partial charge in [0.2, 0.25) is 5.91 Å². The summed E-state index contributed by atoms with van der Waals surface area (Å²) < 4.78 is 19.8. The van der Waals surface area contributed by atoms with Gasteiger partial charge in [0.15, 0.2) is 11.6 Å². The van der Waals surface area contributed by atoms with Crippen LogP contribution < -0.4 is 5.32 Å². The Balaban J connectivity index is 1.71. The molecule has 1 aliphatic heterocycles. The number of nitrogens with one attached hydrogen (secondary N) is 1. The minimum absolute atomic E-state index is 0.145. The van der Waals surface area contributed by atoms with Gasteiger partial charge in [-0.2, -0.15) is 0 Å². The Morgan fingerprint density at radius 3 is 2.72 bits per heavy atom. The fourth-order valence-electron chi connectivity index (χ4n) is 3.46. The van der Waals surface area contributed by atoms with Gasteiger partial charge in [0.05, 0.1) is 11.6 Å². The molecule has 1 aromatic heterocycles. The lowest BCUT2D eigenvalue weighted by Crippen LogP contribution is -2.42. The summed E-state index contributed by atoms with van der Waals surface area (Å²) >= 11 is 0. The Kier molecular flexibility index (Phi) is 5.83. The highest BCUT2D eigenvalue weighted by Crippen LogP contribution is 2.31. The monoisotopic (exact) mass is 350 g/mol. The molecule has 0 radical (unpaired) electrons. The number of amides is 1. The van der Waals surface area contributed by atoms with Gasteiger partial charge in [0, 0.05) is 32.8 Å². The highest BCUT2D eigenvalue weighted by molar-refractivity contribution is 5.80. The van der Waals surface area contributed by atoms with Crippen molar-refractivity contribution in [2.24, 2.45) is 11.8 Å². The Labute approximate surface area is 148 Å². The second-order valence-electron chi connectivity index (χ2n) is 6.95. The second-order valence-corrected chi connectivity index (χ2v) is 6.95. The standard InChI is InChI=1S/C18H27FN4O2/c1-3-15-16(19)17(22-11-21-15)20-10-14(12-6-8-25-9-7-12)18(24)23(2)13-4-5-13/h11-14H,3-10H2,1-2H3,(H,20,21,22). The molecule has 25 heavy (non-hydrogen) atoms. The fourth-order valence-corrected chi connectivity index (χ4v) is 3.46. The molecule has 1 N–H and O–H groups in total. The Morgan fingerprint density at radius 2 is 2.08 bits per heavy atom. The molecule has 1 saturated heterocycles. The number of carbonyl (C=O) groups excluding carboxylic acids is 1. The third-order valence-corrected chi connectivity index (χ3v) is 5.28. The van der Waals surface area contributed by atoms with Crippen molar-refractivity contribution in [1.82, 2.24) is 14.9 Å². The molecular weight excluding hydrogens is 323 g/mol. The van der Waals surface area contributed by atoms with Crippen LogP contribution in [0.5, 0.6) is 0 Å². The molecule has 1 saturated carbocycles. The van der Waals surface area contributed by atoms with Crippen molar-refractivity contribution in [3.05, 3.63) is 17.8 Å². The lowest BCUT2D eigenvalue weighted by molar-refractivity contribution is -0.137. The molecule has 2 heterocycles. The number of rotatable bonds is 7. The quantitative estimate of drug-likeness (QED) is 0.817. The molecule has 2 aliphatic rings. The van der Waals surface area contributed by atoms with Crippen molar-refractivity contribution in [2.75, 3.05) is 32.1 Å². The van der Waals surface area contributed by atoms with Crippen LogP contribution in [0.3, 0.4) is 0 Å². The van der Waals surface area contributed by atoms with Crippen molar-refractivity contribution in [1.29, 1.82) is 0 Å². The molecular formula is C18H27FN4O2. The van der Waals surface area contributed by atoms with E-state index in [4.69, 9.17) is 4.74 Å². The molecule has 138 valence electrons. The van der Waals surface area contributed by atoms with Crippen molar-refractivity contribution in [3.8, 4) is 0 Å². The Morgan fingerprint density at radius 1 is 1.36 bits per heavy atom. The van der Waals surface area contributed by atoms with E-state index in [-0.39, 0.29) is 23.6 Å². The number of hydrogen-bond acceptors (Lipinski definition) is 5. The van der Waals surface area contributed by atoms with Gasteiger partial charge in [-0.3, -0.25) is 4.79 Å². The molecule has 0 spiro atoms. The van der Waals surface area contributed by atoms with Crippen LogP contribution in [0.1, 0.15) is 38.3 Å². The Bertz CT molecular complexity index is 603. The number of hydrogen-bond donors (Lipinski definition) is 1. The molecule has 1 aromatic rings. The van der Waals surface area contributed by atoms with E-state index < -0.39 is 5.82 Å². The summed E-state index contributed by atoms with van der Waals surface area (Å²) in [5.74, 6) is -0.0176. The summed E-state index contributed by atoms with van der Waals surface area (Å²) in [6.45, 7) is 3.61. The molecule has 7 heteroatoms. The zero-order valence-corrected chi connectivity index (χ0v) is 15.0. The topological polar surface area (TPSA) is 67.4 Å². The van der Waals surface area contributed by atoms with Gasteiger partial charge in [-0.05, 0) is 38.0 Å². The first-order valence-electron chi connectivity index (χ1n) is 9.19. The number of ether oxygens (including phenoxy) is 1. The van der Waals surface area contributed by atoms with Crippen molar-refractivity contribution >= 4 is 11.7 Å². The van der Waals surface area contributed by atoms with E-state index in [0.29, 0.717) is 37.9 Å². The van der Waals surface area contributed by atoms with Crippen LogP contribution in [0.25, 0.3) is 0 Å². The van der Waals surface area contributed by atoms with Gasteiger partial charge >= 0.3 is 0 Å². The normalized spacial score (nSPS) is 19.5. The zero-order valence-electron chi connectivity index (χ0n) is 15.0. The third kappa shape index (κ3) is 4.26. The highest BCUT2D eigenvalue weighted by atomic mass is 19.1. The van der Waals surface area contributed by atoms with Crippen LogP contribution in [0, 0.1) is 17.7 Å². The number of halogens is 1. The maximum absolute atomic E-state index is 14.4. The summed E-state index contributed by atoms with van der Waals surface area (Å²) in [6.07, 6.45) is 5.76. The van der Waals surface area contributed by atoms with Crippen LogP contribution in [0.2, 0.25) is 0 Å². The van der Waals surface area contributed by atoms with E-state index in [0.717, 1.165) is 25.7 Å². The Hall–Kier alpha value is -1.76. The number of nitrogens with zero attached hydrogens (tertiary/aromatic N) is 3. The molecule has 1 aliphatic carbocycles. The number of aryl methyl sites for hydroxylation is 1. The van der Waals surface area contributed by atoms with E-state index in [2.05, 4.69) is 15.3 Å². The van der Waals surface area contributed by atoms with E-state index >= 15 is 0 Å². The molecule has 1 amide bonds. The smallest absolute Gasteiger partial charge is 0.227 e. The summed E-state index contributed by atoms with van der Waals surface area (Å²) in [4.78, 5) is 22.8. The first kappa shape index (κ1) is 18.0. The average Bonchev–Trinajstić information content (AvgIpc) is 3.48. The van der Waals surface area contributed by atoms with Crippen LogP contribution >= 0.6 is 0 Å². The maximum atomic E-state index is 14.4. The molecule has 2 fully saturated rings. The fraction of sp³-hybridized carbons (Fsp3) is 0.722. The summed E-state index contributed by atoms with van der Waals surface area (Å²) in [5.41, 5.74) is 0.390. The SMILES string of the molecule is CCc1ncnc(NCC(C(=O)N(C)C2CC2)C2CCOCC2)c1F. The number of carbonyl (C=O) groups is 1. The minimum Gasteiger partial charge on any atom is -0.381 e. The predicted octanol–water partition coefficient (Wildman–Crippen LogP) is 2.25. The van der Waals surface area contributed by atoms with E-state index in [1.807, 2.05) is 18.9 Å². The molecule has 1 unspecified atom stereocenters. The summed E-state index contributed by atoms with van der Waals surface area (Å²) in [7, 11) is 1.88. The second kappa shape index (κ2) is 8.08. The average molecular weight is 350 g/mol. The van der Waals surface area contributed by atoms with Crippen molar-refractivity contribution in [2.45, 2.75) is 45.1 Å². The lowest BCUT2D eigenvalue weighted by Gasteiger charge is -2.32. The molecule has 0 bridgehead atoms. The maximum Gasteiger partial charge on any atom is 0.227 e. The first-order chi connectivity index (χ1) is 12.1. The lowest BCUT2D eigenvalue weighted by atomic mass is 9.84. The number of aromatic nitrogens is 2. The highest BCUT2D eigenvalue weighted by Gasteiger charge is 2.37. The van der Waals surface area contributed by atoms with Gasteiger partial charge in [0.1, 0.15) is 6.33 Å². The van der Waals surface area contributed by atoms with Crippen LogP contribution in [0.15, 0.2) is 6.33 Å². The van der Waals surface area contributed by atoms with E-state index in [1.165, 1.54) is 6.33 Å². The van der Waals surface area contributed by atoms with E-state index in [9.17, 15) is 9.18 Å². The largest absolute Gasteiger partial charge is 0.381 e. The van der Waals surface area contributed by atoms with Gasteiger partial charge in [-0.1, -0.05) is 6.92 Å². The molecule has 6 nitrogen and oxygen atoms in total. The predicted molar refractivity (Wildman–Crippen MR) is 92.7 cm³/mol. The first-order valence-corrected chi connectivity index (χ1v) is 9.19. The molecule has 0 aromatic carbocycles. The number of anilines is 1. The van der Waals surface area contributed by atoms with E-state index in [1.54, 1.807) is 0 Å². The third-order valence-electron chi connectivity index (χ3n) is 5.28. The van der Waals surface area contributed by atoms with Gasteiger partial charge in [-0.25, -0.2) is 14.4 Å². The van der Waals surface area contributed by atoms with Crippen LogP contribution in [-0.4, -0.2) is 53.6 Å². The van der Waals surface area contributed by atoms with Crippen molar-refractivity contribution in [3.63, 3.8) is 0 Å². The van der Waals surface area contributed by atoms with Crippen molar-refractivity contribution < 1.29 is 13.9 Å². The summed E-state index contributed by atoms with van der Waals surface area (Å²) in [5, 5.41) is 3.07. The summed E-state index contributed by atoms with van der Waals surface area (Å²) in [6, 6.07) is 0.373. The molecule has 1 atom stereocenters. The van der Waals surface area contributed by atoms with Gasteiger partial charge in [-0.15, -0.1) is 0 Å². The van der Waals surface area contributed by atoms with Crippen LogP contribution in [-0.2, 0) is 16.0 Å². The van der Waals surface area contributed by atoms with Gasteiger partial charge < -0.3 is 15.0 Å². The van der Waals surface area contributed by atoms with Gasteiger partial charge in [0.25, 0.3) is 0 Å².